The van der Waals surface area contributed by atoms with E-state index in [2.05, 4.69) is 28.9 Å². The van der Waals surface area contributed by atoms with Gasteiger partial charge in [0.15, 0.2) is 5.82 Å². The summed E-state index contributed by atoms with van der Waals surface area (Å²) >= 11 is 0. The maximum atomic E-state index is 12.8. The molecule has 0 spiro atoms. The molecule has 0 bridgehead atoms. The normalized spacial score (nSPS) is 15.0. The Hall–Kier alpha value is -1.86. The number of H-pyrrole nitrogens is 1. The van der Waals surface area contributed by atoms with Crippen molar-refractivity contribution < 1.29 is 8.42 Å². The number of nitrogens with zero attached hydrogens (tertiary/aromatic N) is 3. The van der Waals surface area contributed by atoms with Crippen LogP contribution in [0.3, 0.4) is 0 Å². The summed E-state index contributed by atoms with van der Waals surface area (Å²) in [5.41, 5.74) is 1.78. The van der Waals surface area contributed by atoms with Crippen LogP contribution in [-0.2, 0) is 10.0 Å². The molecule has 0 radical (unpaired) electrons. The lowest BCUT2D eigenvalue weighted by Gasteiger charge is -2.19. The van der Waals surface area contributed by atoms with Crippen molar-refractivity contribution in [3.05, 3.63) is 29.8 Å². The molecule has 1 aromatic carbocycles. The monoisotopic (exact) mass is 350 g/mol. The predicted molar refractivity (Wildman–Crippen MR) is 99.0 cm³/mol. The van der Waals surface area contributed by atoms with Gasteiger partial charge in [0, 0.05) is 31.6 Å². The van der Waals surface area contributed by atoms with Crippen molar-refractivity contribution in [3.8, 4) is 0 Å². The molecule has 0 amide bonds. The van der Waals surface area contributed by atoms with Gasteiger partial charge in [0.25, 0.3) is 0 Å². The number of rotatable bonds is 5. The van der Waals surface area contributed by atoms with Crippen LogP contribution in [-0.4, -0.2) is 49.1 Å². The van der Waals surface area contributed by atoms with E-state index in [0.29, 0.717) is 18.0 Å². The lowest BCUT2D eigenvalue weighted by molar-refractivity contribution is 0.488. The zero-order valence-electron chi connectivity index (χ0n) is 13.7. The van der Waals surface area contributed by atoms with Gasteiger partial charge in [-0.15, -0.1) is 0 Å². The molecule has 0 unspecified atom stereocenters. The lowest BCUT2D eigenvalue weighted by Crippen LogP contribution is -2.28. The number of anilines is 1. The van der Waals surface area contributed by atoms with Gasteiger partial charge < -0.3 is 4.90 Å². The molecule has 6 nitrogen and oxygen atoms in total. The van der Waals surface area contributed by atoms with Crippen molar-refractivity contribution >= 4 is 26.7 Å². The van der Waals surface area contributed by atoms with Crippen LogP contribution in [0.15, 0.2) is 29.2 Å². The first-order valence-corrected chi connectivity index (χ1v) is 9.31. The molecule has 0 aliphatic carbocycles. The maximum absolute atomic E-state index is 12.8. The molecule has 0 saturated heterocycles. The van der Waals surface area contributed by atoms with Crippen molar-refractivity contribution in [2.75, 3.05) is 31.1 Å². The molecule has 3 rings (SSSR count). The summed E-state index contributed by atoms with van der Waals surface area (Å²) in [7, 11) is -3.48. The smallest absolute Gasteiger partial charge is 0.243 e. The first-order chi connectivity index (χ1) is 11.0. The van der Waals surface area contributed by atoms with E-state index in [1.165, 1.54) is 4.31 Å². The third-order valence-corrected chi connectivity index (χ3v) is 6.12. The molecule has 7 heteroatoms. The Bertz CT molecular complexity index is 843. The molecule has 0 saturated carbocycles. The van der Waals surface area contributed by atoms with Gasteiger partial charge in [-0.2, -0.15) is 9.40 Å². The van der Waals surface area contributed by atoms with E-state index in [1.807, 2.05) is 19.1 Å². The number of fused-ring (bicyclic) bond motifs is 1. The van der Waals surface area contributed by atoms with Gasteiger partial charge in [0.1, 0.15) is 0 Å². The van der Waals surface area contributed by atoms with Crippen molar-refractivity contribution in [2.45, 2.75) is 33.1 Å². The Morgan fingerprint density at radius 2 is 1.83 bits per heavy atom. The van der Waals surface area contributed by atoms with Crippen molar-refractivity contribution in [2.24, 2.45) is 0 Å². The molecule has 1 aliphatic heterocycles. The summed E-state index contributed by atoms with van der Waals surface area (Å²) in [4.78, 5) is 2.45. The number of aromatic amines is 1. The minimum absolute atomic E-state index is 0. The number of aromatic nitrogens is 2. The molecule has 1 N–H and O–H groups in total. The molecule has 0 atom stereocenters. The predicted octanol–water partition coefficient (Wildman–Crippen LogP) is 2.91. The number of nitrogens with one attached hydrogen (secondary N) is 1. The highest BCUT2D eigenvalue weighted by atomic mass is 32.2. The fourth-order valence-electron chi connectivity index (χ4n) is 2.97. The second-order valence-electron chi connectivity index (χ2n) is 5.68. The Kier molecular flexibility index (Phi) is 5.35. The minimum atomic E-state index is -3.48. The van der Waals surface area contributed by atoms with Gasteiger partial charge in [0.2, 0.25) is 10.0 Å². The molecule has 1 aliphatic rings. The van der Waals surface area contributed by atoms with Crippen LogP contribution in [0.4, 0.5) is 5.82 Å². The van der Waals surface area contributed by atoms with Gasteiger partial charge in [-0.1, -0.05) is 19.6 Å². The van der Waals surface area contributed by atoms with E-state index in [9.17, 15) is 8.42 Å². The Morgan fingerprint density at radius 1 is 1.21 bits per heavy atom. The summed E-state index contributed by atoms with van der Waals surface area (Å²) < 4.78 is 27.1. The molecule has 24 heavy (non-hydrogen) atoms. The molecule has 0 fully saturated rings. The average Bonchev–Trinajstić information content (AvgIpc) is 3.19. The van der Waals surface area contributed by atoms with Gasteiger partial charge in [0.05, 0.1) is 10.4 Å². The van der Waals surface area contributed by atoms with Crippen molar-refractivity contribution in [1.82, 2.24) is 14.5 Å². The fraction of sp³-hybridized carbons (Fsp3) is 0.471. The topological polar surface area (TPSA) is 69.3 Å². The van der Waals surface area contributed by atoms with Crippen LogP contribution in [0.2, 0.25) is 0 Å². The molecular weight excluding hydrogens is 324 g/mol. The van der Waals surface area contributed by atoms with Crippen LogP contribution in [0, 0.1) is 6.92 Å². The maximum Gasteiger partial charge on any atom is 0.243 e. The van der Waals surface area contributed by atoms with E-state index in [0.717, 1.165) is 35.4 Å². The molecule has 132 valence electrons. The average molecular weight is 350 g/mol. The van der Waals surface area contributed by atoms with E-state index >= 15 is 0 Å². The van der Waals surface area contributed by atoms with E-state index in [4.69, 9.17) is 0 Å². The Balaban J connectivity index is 0.00000208. The van der Waals surface area contributed by atoms with Gasteiger partial charge >= 0.3 is 0 Å². The fourth-order valence-corrected chi connectivity index (χ4v) is 4.42. The van der Waals surface area contributed by atoms with Gasteiger partial charge in [-0.3, -0.25) is 5.10 Å². The number of benzene rings is 1. The number of aryl methyl sites for hydroxylation is 1. The summed E-state index contributed by atoms with van der Waals surface area (Å²) in [6.45, 7) is 8.56. The zero-order chi connectivity index (χ0) is 16.6. The Labute approximate surface area is 144 Å². The Morgan fingerprint density at radius 3 is 2.42 bits per heavy atom. The first kappa shape index (κ1) is 18.5. The highest BCUT2D eigenvalue weighted by Gasteiger charge is 2.26. The first-order valence-electron chi connectivity index (χ1n) is 7.87. The molecule has 2 heterocycles. The largest absolute Gasteiger partial charge is 0.355 e. The third-order valence-electron chi connectivity index (χ3n) is 4.31. The molecule has 2 aromatic rings. The SMILES string of the molecule is C.CCN(CC)c1n[nH]c2c(C)cc(S(=O)(=O)N3CC=CC3)cc12. The quantitative estimate of drug-likeness (QED) is 0.842. The van der Waals surface area contributed by atoms with Crippen molar-refractivity contribution in [1.29, 1.82) is 0 Å². The number of sulfonamides is 1. The second kappa shape index (κ2) is 6.94. The highest BCUT2D eigenvalue weighted by Crippen LogP contribution is 2.30. The van der Waals surface area contributed by atoms with Crippen LogP contribution in [0.25, 0.3) is 10.9 Å². The summed E-state index contributed by atoms with van der Waals surface area (Å²) in [6, 6.07) is 3.47. The van der Waals surface area contributed by atoms with Gasteiger partial charge in [-0.05, 0) is 38.5 Å². The van der Waals surface area contributed by atoms with E-state index in [-0.39, 0.29) is 7.43 Å². The van der Waals surface area contributed by atoms with Crippen LogP contribution >= 0.6 is 0 Å². The zero-order valence-corrected chi connectivity index (χ0v) is 14.5. The molecule has 1 aromatic heterocycles. The van der Waals surface area contributed by atoms with E-state index < -0.39 is 10.0 Å². The number of hydrogen-bond acceptors (Lipinski definition) is 4. The third kappa shape index (κ3) is 2.93. The van der Waals surface area contributed by atoms with Crippen molar-refractivity contribution in [3.63, 3.8) is 0 Å². The number of hydrogen-bond donors (Lipinski definition) is 1. The summed E-state index contributed by atoms with van der Waals surface area (Å²) in [6.07, 6.45) is 3.75. The van der Waals surface area contributed by atoms with Gasteiger partial charge in [-0.25, -0.2) is 8.42 Å². The van der Waals surface area contributed by atoms with Crippen LogP contribution < -0.4 is 4.90 Å². The minimum Gasteiger partial charge on any atom is -0.355 e. The van der Waals surface area contributed by atoms with E-state index in [1.54, 1.807) is 12.1 Å². The van der Waals surface area contributed by atoms with Crippen LogP contribution in [0.1, 0.15) is 26.8 Å². The molecular formula is C17H26N4O2S. The standard InChI is InChI=1S/C16H22N4O2S.CH4/c1-4-19(5-2)16-14-11-13(10-12(3)15(14)17-18-16)23(21,22)20-8-6-7-9-20;/h6-7,10-11H,4-5,8-9H2,1-3H3,(H,17,18);1H4. The summed E-state index contributed by atoms with van der Waals surface area (Å²) in [5.74, 6) is 0.810. The second-order valence-corrected chi connectivity index (χ2v) is 7.61. The highest BCUT2D eigenvalue weighted by molar-refractivity contribution is 7.89. The summed E-state index contributed by atoms with van der Waals surface area (Å²) in [5, 5.41) is 8.30. The lowest BCUT2D eigenvalue weighted by atomic mass is 10.1. The van der Waals surface area contributed by atoms with Crippen LogP contribution in [0.5, 0.6) is 0 Å².